The summed E-state index contributed by atoms with van der Waals surface area (Å²) in [6.07, 6.45) is 8.32. The minimum atomic E-state index is -1.00. The fraction of sp³-hybridized carbons (Fsp3) is 0.500. The van der Waals surface area contributed by atoms with Gasteiger partial charge in [-0.25, -0.2) is 9.37 Å². The van der Waals surface area contributed by atoms with Gasteiger partial charge in [-0.05, 0) is 37.5 Å². The van der Waals surface area contributed by atoms with Crippen LogP contribution in [0, 0.1) is 0 Å². The van der Waals surface area contributed by atoms with Crippen molar-refractivity contribution in [1.82, 2.24) is 9.97 Å². The van der Waals surface area contributed by atoms with Gasteiger partial charge in [0.1, 0.15) is 6.17 Å². The van der Waals surface area contributed by atoms with E-state index in [2.05, 4.69) is 15.3 Å². The maximum atomic E-state index is 14.1. The predicted octanol–water partition coefficient (Wildman–Crippen LogP) is 3.23. The SMILES string of the molecule is Nc1ccc(C2CCCCC2)nc1C(=O)Nc1cnccc1N1C[C@@H](N)C[C@@H](F)C1. The lowest BCUT2D eigenvalue weighted by Gasteiger charge is -2.35. The molecule has 0 radical (unpaired) electrons. The molecule has 1 saturated carbocycles. The van der Waals surface area contributed by atoms with Crippen LogP contribution < -0.4 is 21.7 Å². The zero-order valence-corrected chi connectivity index (χ0v) is 17.1. The van der Waals surface area contributed by atoms with Gasteiger partial charge in [0.2, 0.25) is 0 Å². The predicted molar refractivity (Wildman–Crippen MR) is 116 cm³/mol. The van der Waals surface area contributed by atoms with Crippen LogP contribution in [0.3, 0.4) is 0 Å². The summed E-state index contributed by atoms with van der Waals surface area (Å²) in [5.74, 6) is -0.0197. The molecule has 8 heteroatoms. The van der Waals surface area contributed by atoms with E-state index in [1.165, 1.54) is 19.3 Å². The second kappa shape index (κ2) is 8.95. The van der Waals surface area contributed by atoms with Crippen molar-refractivity contribution < 1.29 is 9.18 Å². The quantitative estimate of drug-likeness (QED) is 0.711. The molecule has 4 rings (SSSR count). The highest BCUT2D eigenvalue weighted by atomic mass is 19.1. The van der Waals surface area contributed by atoms with Crippen molar-refractivity contribution >= 4 is 23.0 Å². The maximum Gasteiger partial charge on any atom is 0.276 e. The number of carbonyl (C=O) groups is 1. The molecular weight excluding hydrogens is 383 g/mol. The molecule has 0 spiro atoms. The number of anilines is 3. The average molecular weight is 413 g/mol. The molecule has 160 valence electrons. The van der Waals surface area contributed by atoms with Crippen molar-refractivity contribution in [3.8, 4) is 0 Å². The number of hydrogen-bond acceptors (Lipinski definition) is 6. The highest BCUT2D eigenvalue weighted by Crippen LogP contribution is 2.33. The number of alkyl halides is 1. The summed E-state index contributed by atoms with van der Waals surface area (Å²) >= 11 is 0. The molecule has 1 aliphatic heterocycles. The first-order valence-electron chi connectivity index (χ1n) is 10.7. The summed E-state index contributed by atoms with van der Waals surface area (Å²) in [4.78, 5) is 23.6. The number of nitrogens with two attached hydrogens (primary N) is 2. The number of carbonyl (C=O) groups excluding carboxylic acids is 1. The Hall–Kier alpha value is -2.74. The summed E-state index contributed by atoms with van der Waals surface area (Å²) in [6.45, 7) is 0.753. The van der Waals surface area contributed by atoms with Crippen molar-refractivity contribution in [1.29, 1.82) is 0 Å². The van der Waals surface area contributed by atoms with Gasteiger partial charge in [0.15, 0.2) is 5.69 Å². The number of pyridine rings is 2. The molecule has 2 aromatic heterocycles. The molecule has 1 aliphatic carbocycles. The summed E-state index contributed by atoms with van der Waals surface area (Å²) < 4.78 is 14.1. The lowest BCUT2D eigenvalue weighted by atomic mass is 9.86. The minimum Gasteiger partial charge on any atom is -0.397 e. The van der Waals surface area contributed by atoms with E-state index in [1.807, 2.05) is 11.0 Å². The number of rotatable bonds is 4. The van der Waals surface area contributed by atoms with E-state index >= 15 is 0 Å². The van der Waals surface area contributed by atoms with Crippen LogP contribution in [0.25, 0.3) is 0 Å². The number of nitrogens with zero attached hydrogens (tertiary/aromatic N) is 3. The van der Waals surface area contributed by atoms with Gasteiger partial charge in [0, 0.05) is 36.9 Å². The zero-order valence-electron chi connectivity index (χ0n) is 17.1. The lowest BCUT2D eigenvalue weighted by Crippen LogP contribution is -2.48. The molecule has 5 N–H and O–H groups in total. The van der Waals surface area contributed by atoms with Gasteiger partial charge in [-0.3, -0.25) is 9.78 Å². The first-order chi connectivity index (χ1) is 14.5. The molecule has 1 amide bonds. The third kappa shape index (κ3) is 4.53. The van der Waals surface area contributed by atoms with Crippen LogP contribution in [0.5, 0.6) is 0 Å². The molecule has 2 aromatic rings. The van der Waals surface area contributed by atoms with Gasteiger partial charge in [-0.15, -0.1) is 0 Å². The third-order valence-electron chi connectivity index (χ3n) is 6.01. The summed E-state index contributed by atoms with van der Waals surface area (Å²) in [5.41, 5.74) is 14.7. The first kappa shape index (κ1) is 20.5. The smallest absolute Gasteiger partial charge is 0.276 e. The third-order valence-corrected chi connectivity index (χ3v) is 6.01. The fourth-order valence-electron chi connectivity index (χ4n) is 4.50. The van der Waals surface area contributed by atoms with Gasteiger partial charge >= 0.3 is 0 Å². The van der Waals surface area contributed by atoms with E-state index in [-0.39, 0.29) is 18.3 Å². The monoisotopic (exact) mass is 412 g/mol. The molecule has 2 atom stereocenters. The Bertz CT molecular complexity index is 891. The minimum absolute atomic E-state index is 0.214. The number of aromatic nitrogens is 2. The Kier molecular flexibility index (Phi) is 6.13. The molecule has 0 aromatic carbocycles. The Balaban J connectivity index is 1.56. The van der Waals surface area contributed by atoms with E-state index in [9.17, 15) is 9.18 Å². The molecule has 0 bridgehead atoms. The normalized spacial score (nSPS) is 22.7. The molecule has 0 unspecified atom stereocenters. The van der Waals surface area contributed by atoms with Crippen molar-refractivity contribution in [2.75, 3.05) is 29.0 Å². The number of hydrogen-bond donors (Lipinski definition) is 3. The second-order valence-electron chi connectivity index (χ2n) is 8.35. The van der Waals surface area contributed by atoms with Gasteiger partial charge in [-0.1, -0.05) is 19.3 Å². The summed E-state index contributed by atoms with van der Waals surface area (Å²) in [6, 6.07) is 5.19. The number of nitrogen functional groups attached to an aromatic ring is 1. The Morgan fingerprint density at radius 2 is 1.97 bits per heavy atom. The Morgan fingerprint density at radius 1 is 1.17 bits per heavy atom. The molecule has 30 heavy (non-hydrogen) atoms. The number of nitrogens with one attached hydrogen (secondary N) is 1. The molecule has 3 heterocycles. The fourth-order valence-corrected chi connectivity index (χ4v) is 4.50. The van der Waals surface area contributed by atoms with Crippen molar-refractivity contribution in [3.05, 3.63) is 42.0 Å². The summed E-state index contributed by atoms with van der Waals surface area (Å²) in [5, 5.41) is 2.88. The zero-order chi connectivity index (χ0) is 21.1. The van der Waals surface area contributed by atoms with E-state index in [1.54, 1.807) is 24.5 Å². The van der Waals surface area contributed by atoms with Crippen LogP contribution in [0.2, 0.25) is 0 Å². The van der Waals surface area contributed by atoms with Gasteiger partial charge in [-0.2, -0.15) is 0 Å². The van der Waals surface area contributed by atoms with E-state index in [0.717, 1.165) is 18.5 Å². The van der Waals surface area contributed by atoms with Crippen LogP contribution >= 0.6 is 0 Å². The van der Waals surface area contributed by atoms with Crippen LogP contribution in [-0.2, 0) is 0 Å². The topological polar surface area (TPSA) is 110 Å². The van der Waals surface area contributed by atoms with E-state index in [4.69, 9.17) is 11.5 Å². The largest absolute Gasteiger partial charge is 0.397 e. The number of piperidine rings is 1. The molecule has 1 saturated heterocycles. The van der Waals surface area contributed by atoms with Gasteiger partial charge in [0.05, 0.1) is 23.3 Å². The van der Waals surface area contributed by atoms with Crippen LogP contribution in [0.1, 0.15) is 60.6 Å². The van der Waals surface area contributed by atoms with Crippen molar-refractivity contribution in [3.63, 3.8) is 0 Å². The molecule has 2 fully saturated rings. The lowest BCUT2D eigenvalue weighted by molar-refractivity contribution is 0.102. The maximum absolute atomic E-state index is 14.1. The second-order valence-corrected chi connectivity index (χ2v) is 8.35. The molecule has 7 nitrogen and oxygen atoms in total. The number of amides is 1. The Labute approximate surface area is 176 Å². The van der Waals surface area contributed by atoms with Crippen molar-refractivity contribution in [2.24, 2.45) is 5.73 Å². The van der Waals surface area contributed by atoms with E-state index in [0.29, 0.717) is 35.9 Å². The van der Waals surface area contributed by atoms with Gasteiger partial charge in [0.25, 0.3) is 5.91 Å². The first-order valence-corrected chi connectivity index (χ1v) is 10.7. The van der Waals surface area contributed by atoms with Gasteiger partial charge < -0.3 is 21.7 Å². The number of halogens is 1. The molecular formula is C22H29FN6O. The van der Waals surface area contributed by atoms with Crippen LogP contribution in [0.4, 0.5) is 21.5 Å². The van der Waals surface area contributed by atoms with Crippen LogP contribution in [0.15, 0.2) is 30.6 Å². The van der Waals surface area contributed by atoms with E-state index < -0.39 is 12.1 Å². The standard InChI is InChI=1S/C22H29FN6O/c23-15-10-16(24)13-29(12-15)20-8-9-26-11-19(20)28-22(30)21-17(25)6-7-18(27-21)14-4-2-1-3-5-14/h6-9,11,14-16H,1-5,10,12-13,24-25H2,(H,28,30)/t15-,16+/m1/s1. The Morgan fingerprint density at radius 3 is 2.73 bits per heavy atom. The average Bonchev–Trinajstić information content (AvgIpc) is 2.74. The highest BCUT2D eigenvalue weighted by molar-refractivity contribution is 6.07. The van der Waals surface area contributed by atoms with Crippen LogP contribution in [-0.4, -0.2) is 41.2 Å². The highest BCUT2D eigenvalue weighted by Gasteiger charge is 2.27. The molecule has 2 aliphatic rings. The summed E-state index contributed by atoms with van der Waals surface area (Å²) in [7, 11) is 0. The van der Waals surface area contributed by atoms with Crippen molar-refractivity contribution in [2.45, 2.75) is 56.7 Å².